The summed E-state index contributed by atoms with van der Waals surface area (Å²) < 4.78 is 18.7. The Bertz CT molecular complexity index is 706. The van der Waals surface area contributed by atoms with E-state index in [1.807, 2.05) is 24.3 Å². The van der Waals surface area contributed by atoms with Crippen LogP contribution in [0.1, 0.15) is 17.9 Å². The number of hydrogen-bond donors (Lipinski definition) is 1. The van der Waals surface area contributed by atoms with Crippen LogP contribution in [0.4, 0.5) is 15.8 Å². The fourth-order valence-corrected chi connectivity index (χ4v) is 2.67. The van der Waals surface area contributed by atoms with E-state index in [-0.39, 0.29) is 11.6 Å². The van der Waals surface area contributed by atoms with Gasteiger partial charge >= 0.3 is 0 Å². The number of nitrogens with one attached hydrogen (secondary N) is 1. The molecule has 3 rings (SSSR count). The third-order valence-electron chi connectivity index (χ3n) is 3.78. The molecule has 1 unspecified atom stereocenters. The number of nitro groups is 1. The van der Waals surface area contributed by atoms with Gasteiger partial charge in [-0.25, -0.2) is 4.39 Å². The quantitative estimate of drug-likeness (QED) is 0.690. The van der Waals surface area contributed by atoms with Crippen LogP contribution in [0.5, 0.6) is 5.75 Å². The minimum atomic E-state index is -0.617. The molecule has 1 aliphatic rings. The molecule has 5 nitrogen and oxygen atoms in total. The largest absolute Gasteiger partial charge is 0.493 e. The van der Waals surface area contributed by atoms with Gasteiger partial charge < -0.3 is 10.1 Å². The third-order valence-corrected chi connectivity index (χ3v) is 3.78. The maximum Gasteiger partial charge on any atom is 0.295 e. The highest BCUT2D eigenvalue weighted by Crippen LogP contribution is 2.34. The Morgan fingerprint density at radius 2 is 2.14 bits per heavy atom. The molecule has 0 fully saturated rings. The lowest BCUT2D eigenvalue weighted by Crippen LogP contribution is -2.21. The first-order chi connectivity index (χ1) is 10.6. The van der Waals surface area contributed by atoms with Gasteiger partial charge in [-0.05, 0) is 30.2 Å². The molecular formula is C16H15FN2O3. The average molecular weight is 302 g/mol. The molecule has 1 aliphatic heterocycles. The average Bonchev–Trinajstić information content (AvgIpc) is 2.53. The molecule has 0 spiro atoms. The van der Waals surface area contributed by atoms with Crippen LogP contribution < -0.4 is 10.1 Å². The summed E-state index contributed by atoms with van der Waals surface area (Å²) in [5.41, 5.74) is 1.17. The van der Waals surface area contributed by atoms with Gasteiger partial charge in [0.1, 0.15) is 17.3 Å². The van der Waals surface area contributed by atoms with Crippen molar-refractivity contribution in [2.75, 3.05) is 18.5 Å². The van der Waals surface area contributed by atoms with Crippen LogP contribution in [0.15, 0.2) is 42.5 Å². The molecular weight excluding hydrogens is 287 g/mol. The van der Waals surface area contributed by atoms with Crippen molar-refractivity contribution in [1.82, 2.24) is 0 Å². The van der Waals surface area contributed by atoms with E-state index in [4.69, 9.17) is 4.74 Å². The molecule has 0 radical (unpaired) electrons. The Balaban J connectivity index is 1.78. The number of ether oxygens (including phenoxy) is 1. The molecule has 2 aromatic rings. The normalized spacial score (nSPS) is 16.5. The molecule has 6 heteroatoms. The van der Waals surface area contributed by atoms with Crippen molar-refractivity contribution in [2.24, 2.45) is 0 Å². The molecule has 1 atom stereocenters. The zero-order valence-electron chi connectivity index (χ0n) is 11.8. The summed E-state index contributed by atoms with van der Waals surface area (Å²) in [6.45, 7) is 1.15. The zero-order valence-corrected chi connectivity index (χ0v) is 11.8. The van der Waals surface area contributed by atoms with Crippen LogP contribution in [-0.2, 0) is 0 Å². The zero-order chi connectivity index (χ0) is 15.5. The maximum absolute atomic E-state index is 13.2. The van der Waals surface area contributed by atoms with Crippen molar-refractivity contribution in [3.05, 3.63) is 64.0 Å². The van der Waals surface area contributed by atoms with Crippen molar-refractivity contribution >= 4 is 11.4 Å². The Morgan fingerprint density at radius 3 is 2.95 bits per heavy atom. The second-order valence-corrected chi connectivity index (χ2v) is 5.17. The molecule has 0 saturated carbocycles. The van der Waals surface area contributed by atoms with Gasteiger partial charge in [0.2, 0.25) is 0 Å². The number of nitrogens with zero attached hydrogens (tertiary/aromatic N) is 1. The summed E-state index contributed by atoms with van der Waals surface area (Å²) in [4.78, 5) is 10.4. The second-order valence-electron chi connectivity index (χ2n) is 5.17. The van der Waals surface area contributed by atoms with Gasteiger partial charge in [0.05, 0.1) is 17.6 Å². The molecule has 0 saturated heterocycles. The predicted octanol–water partition coefficient (Wildman–Crippen LogP) is 3.71. The Morgan fingerprint density at radius 1 is 1.32 bits per heavy atom. The predicted molar refractivity (Wildman–Crippen MR) is 80.8 cm³/mol. The summed E-state index contributed by atoms with van der Waals surface area (Å²) in [6.07, 6.45) is 0.832. The first-order valence-corrected chi connectivity index (χ1v) is 7.04. The minimum Gasteiger partial charge on any atom is -0.493 e. The van der Waals surface area contributed by atoms with Crippen molar-refractivity contribution in [3.8, 4) is 5.75 Å². The van der Waals surface area contributed by atoms with Crippen LogP contribution in [0.3, 0.4) is 0 Å². The summed E-state index contributed by atoms with van der Waals surface area (Å²) in [5.74, 6) is 0.442. The molecule has 0 bridgehead atoms. The fraction of sp³-hybridized carbons (Fsp3) is 0.250. The van der Waals surface area contributed by atoms with E-state index in [9.17, 15) is 14.5 Å². The maximum atomic E-state index is 13.2. The number of halogens is 1. The van der Waals surface area contributed by atoms with E-state index < -0.39 is 10.7 Å². The van der Waals surface area contributed by atoms with E-state index >= 15 is 0 Å². The first kappa shape index (κ1) is 14.3. The monoisotopic (exact) mass is 302 g/mol. The van der Waals surface area contributed by atoms with E-state index in [0.717, 1.165) is 23.8 Å². The standard InChI is InChI=1S/C16H15FN2O3/c17-12-5-6-14(15(9-12)19(20)21)18-10-11-7-8-22-16-4-2-1-3-13(11)16/h1-6,9,11,18H,7-8,10H2. The molecule has 0 amide bonds. The molecule has 0 aliphatic carbocycles. The topological polar surface area (TPSA) is 64.4 Å². The smallest absolute Gasteiger partial charge is 0.295 e. The van der Waals surface area contributed by atoms with Crippen LogP contribution in [0, 0.1) is 15.9 Å². The number of benzene rings is 2. The molecule has 114 valence electrons. The van der Waals surface area contributed by atoms with Crippen molar-refractivity contribution < 1.29 is 14.1 Å². The molecule has 1 N–H and O–H groups in total. The van der Waals surface area contributed by atoms with Crippen molar-refractivity contribution in [1.29, 1.82) is 0 Å². The number of hydrogen-bond acceptors (Lipinski definition) is 4. The molecule has 2 aromatic carbocycles. The number of anilines is 1. The lowest BCUT2D eigenvalue weighted by molar-refractivity contribution is -0.384. The molecule has 22 heavy (non-hydrogen) atoms. The lowest BCUT2D eigenvalue weighted by atomic mass is 9.93. The first-order valence-electron chi connectivity index (χ1n) is 7.04. The Labute approximate surface area is 126 Å². The van der Waals surface area contributed by atoms with Gasteiger partial charge in [-0.1, -0.05) is 18.2 Å². The van der Waals surface area contributed by atoms with Crippen LogP contribution in [0.2, 0.25) is 0 Å². The summed E-state index contributed by atoms with van der Waals surface area (Å²) in [6, 6.07) is 11.3. The van der Waals surface area contributed by atoms with Gasteiger partial charge in [-0.3, -0.25) is 10.1 Å². The third kappa shape index (κ3) is 2.86. The van der Waals surface area contributed by atoms with Gasteiger partial charge in [-0.15, -0.1) is 0 Å². The number of rotatable bonds is 4. The summed E-state index contributed by atoms with van der Waals surface area (Å²) in [5, 5.41) is 14.1. The number of para-hydroxylation sites is 1. The van der Waals surface area contributed by atoms with E-state index in [1.54, 1.807) is 0 Å². The van der Waals surface area contributed by atoms with E-state index in [0.29, 0.717) is 18.8 Å². The Hall–Kier alpha value is -2.63. The van der Waals surface area contributed by atoms with Gasteiger partial charge in [0, 0.05) is 12.5 Å². The summed E-state index contributed by atoms with van der Waals surface area (Å²) in [7, 11) is 0. The highest BCUT2D eigenvalue weighted by atomic mass is 19.1. The summed E-state index contributed by atoms with van der Waals surface area (Å²) >= 11 is 0. The van der Waals surface area contributed by atoms with Gasteiger partial charge in [0.15, 0.2) is 0 Å². The highest BCUT2D eigenvalue weighted by molar-refractivity contribution is 5.61. The van der Waals surface area contributed by atoms with Gasteiger partial charge in [0.25, 0.3) is 5.69 Å². The van der Waals surface area contributed by atoms with E-state index in [2.05, 4.69) is 5.32 Å². The fourth-order valence-electron chi connectivity index (χ4n) is 2.67. The Kier molecular flexibility index (Phi) is 3.91. The van der Waals surface area contributed by atoms with Crippen LogP contribution in [-0.4, -0.2) is 18.1 Å². The molecule has 1 heterocycles. The van der Waals surface area contributed by atoms with Crippen molar-refractivity contribution in [2.45, 2.75) is 12.3 Å². The highest BCUT2D eigenvalue weighted by Gasteiger charge is 2.22. The van der Waals surface area contributed by atoms with Crippen LogP contribution in [0.25, 0.3) is 0 Å². The molecule has 0 aromatic heterocycles. The number of fused-ring (bicyclic) bond motifs is 1. The van der Waals surface area contributed by atoms with Crippen molar-refractivity contribution in [3.63, 3.8) is 0 Å². The van der Waals surface area contributed by atoms with Crippen LogP contribution >= 0.6 is 0 Å². The lowest BCUT2D eigenvalue weighted by Gasteiger charge is -2.26. The SMILES string of the molecule is O=[N+]([O-])c1cc(F)ccc1NCC1CCOc2ccccc21. The van der Waals surface area contributed by atoms with Gasteiger partial charge in [-0.2, -0.15) is 0 Å². The second kappa shape index (κ2) is 6.01. The van der Waals surface area contributed by atoms with E-state index in [1.165, 1.54) is 12.1 Å². The minimum absolute atomic E-state index is 0.203. The number of nitro benzene ring substituents is 1.